The van der Waals surface area contributed by atoms with Gasteiger partial charge in [-0.25, -0.2) is 0 Å². The third-order valence-electron chi connectivity index (χ3n) is 4.57. The Hall–Kier alpha value is -0.0400. The van der Waals surface area contributed by atoms with Gasteiger partial charge in [-0.1, -0.05) is 33.6 Å². The van der Waals surface area contributed by atoms with Crippen LogP contribution in [0.5, 0.6) is 0 Å². The predicted molar refractivity (Wildman–Crippen MR) is 70.5 cm³/mol. The van der Waals surface area contributed by atoms with Gasteiger partial charge < -0.3 is 5.32 Å². The van der Waals surface area contributed by atoms with Gasteiger partial charge in [0.2, 0.25) is 0 Å². The minimum absolute atomic E-state index is 0.693. The Labute approximate surface area is 101 Å². The summed E-state index contributed by atoms with van der Waals surface area (Å²) in [5.41, 5.74) is 0.693. The first kappa shape index (κ1) is 12.4. The Bertz CT molecular complexity index is 211. The molecule has 2 aliphatic carbocycles. The molecule has 0 heterocycles. The molecule has 0 aliphatic heterocycles. The van der Waals surface area contributed by atoms with Crippen LogP contribution < -0.4 is 5.32 Å². The van der Waals surface area contributed by atoms with E-state index in [9.17, 15) is 0 Å². The second kappa shape index (κ2) is 5.08. The molecule has 0 aromatic heterocycles. The van der Waals surface area contributed by atoms with Crippen LogP contribution in [0.25, 0.3) is 0 Å². The number of nitrogens with one attached hydrogen (secondary N) is 1. The standard InChI is InChI=1S/C15H29N/c1-4-5-6-15(11-16-10-12(2)3)8-13-7-14(13)9-15/h12-14,16H,4-11H2,1-3H3. The molecule has 0 spiro atoms. The Kier molecular flexibility index (Phi) is 3.94. The van der Waals surface area contributed by atoms with E-state index in [1.807, 2.05) is 0 Å². The number of rotatable bonds is 7. The Balaban J connectivity index is 1.78. The molecule has 2 atom stereocenters. The van der Waals surface area contributed by atoms with Gasteiger partial charge in [0, 0.05) is 6.54 Å². The average molecular weight is 223 g/mol. The highest BCUT2D eigenvalue weighted by Crippen LogP contribution is 2.61. The Morgan fingerprint density at radius 3 is 2.50 bits per heavy atom. The molecule has 94 valence electrons. The lowest BCUT2D eigenvalue weighted by Crippen LogP contribution is -2.35. The normalized spacial score (nSPS) is 36.8. The van der Waals surface area contributed by atoms with Gasteiger partial charge >= 0.3 is 0 Å². The highest BCUT2D eigenvalue weighted by Gasteiger charge is 2.52. The van der Waals surface area contributed by atoms with E-state index in [1.54, 1.807) is 6.42 Å². The lowest BCUT2D eigenvalue weighted by atomic mass is 9.78. The molecule has 2 saturated carbocycles. The van der Waals surface area contributed by atoms with Crippen molar-refractivity contribution in [2.24, 2.45) is 23.2 Å². The summed E-state index contributed by atoms with van der Waals surface area (Å²) in [6.07, 6.45) is 8.88. The summed E-state index contributed by atoms with van der Waals surface area (Å²) < 4.78 is 0. The summed E-state index contributed by atoms with van der Waals surface area (Å²) in [5, 5.41) is 3.72. The highest BCUT2D eigenvalue weighted by molar-refractivity contribution is 5.03. The largest absolute Gasteiger partial charge is 0.316 e. The maximum Gasteiger partial charge on any atom is 0.000813 e. The van der Waals surface area contributed by atoms with Crippen molar-refractivity contribution in [2.45, 2.75) is 59.3 Å². The van der Waals surface area contributed by atoms with Crippen LogP contribution in [0.15, 0.2) is 0 Å². The quantitative estimate of drug-likeness (QED) is 0.691. The smallest absolute Gasteiger partial charge is 0.000813 e. The second-order valence-electron chi connectivity index (χ2n) is 6.79. The first-order chi connectivity index (χ1) is 7.65. The van der Waals surface area contributed by atoms with E-state index in [4.69, 9.17) is 0 Å². The molecule has 0 bridgehead atoms. The zero-order valence-corrected chi connectivity index (χ0v) is 11.4. The molecule has 2 fully saturated rings. The molecule has 1 N–H and O–H groups in total. The summed E-state index contributed by atoms with van der Waals surface area (Å²) >= 11 is 0. The molecule has 0 amide bonds. The SMILES string of the molecule is CCCCC1(CNCC(C)C)CC2CC2C1. The predicted octanol–water partition coefficient (Wildman–Crippen LogP) is 3.84. The zero-order valence-electron chi connectivity index (χ0n) is 11.4. The van der Waals surface area contributed by atoms with Gasteiger partial charge in [0.1, 0.15) is 0 Å². The number of hydrogen-bond acceptors (Lipinski definition) is 1. The summed E-state index contributed by atoms with van der Waals surface area (Å²) in [6, 6.07) is 0. The minimum atomic E-state index is 0.693. The van der Waals surface area contributed by atoms with Crippen molar-refractivity contribution >= 4 is 0 Å². The van der Waals surface area contributed by atoms with Crippen molar-refractivity contribution < 1.29 is 0 Å². The van der Waals surface area contributed by atoms with Crippen molar-refractivity contribution in [3.63, 3.8) is 0 Å². The van der Waals surface area contributed by atoms with Gasteiger partial charge in [-0.05, 0) is 55.4 Å². The van der Waals surface area contributed by atoms with E-state index < -0.39 is 0 Å². The maximum atomic E-state index is 3.72. The first-order valence-corrected chi connectivity index (χ1v) is 7.36. The van der Waals surface area contributed by atoms with Crippen LogP contribution >= 0.6 is 0 Å². The van der Waals surface area contributed by atoms with E-state index in [-0.39, 0.29) is 0 Å². The third kappa shape index (κ3) is 3.00. The van der Waals surface area contributed by atoms with E-state index in [0.29, 0.717) is 5.41 Å². The van der Waals surface area contributed by atoms with Crippen LogP contribution in [-0.4, -0.2) is 13.1 Å². The van der Waals surface area contributed by atoms with Crippen molar-refractivity contribution in [1.82, 2.24) is 5.32 Å². The summed E-state index contributed by atoms with van der Waals surface area (Å²) in [7, 11) is 0. The Morgan fingerprint density at radius 1 is 1.25 bits per heavy atom. The number of hydrogen-bond donors (Lipinski definition) is 1. The molecule has 0 aromatic rings. The number of unbranched alkanes of at least 4 members (excludes halogenated alkanes) is 1. The summed E-state index contributed by atoms with van der Waals surface area (Å²) in [6.45, 7) is 9.42. The molecule has 0 aromatic carbocycles. The van der Waals surface area contributed by atoms with E-state index in [0.717, 1.165) is 17.8 Å². The van der Waals surface area contributed by atoms with Crippen molar-refractivity contribution in [1.29, 1.82) is 0 Å². The molecule has 0 radical (unpaired) electrons. The third-order valence-corrected chi connectivity index (χ3v) is 4.57. The second-order valence-corrected chi connectivity index (χ2v) is 6.79. The fourth-order valence-electron chi connectivity index (χ4n) is 3.62. The van der Waals surface area contributed by atoms with Gasteiger partial charge in [0.25, 0.3) is 0 Å². The molecule has 2 aliphatic rings. The highest BCUT2D eigenvalue weighted by atomic mass is 14.9. The van der Waals surface area contributed by atoms with Crippen LogP contribution in [-0.2, 0) is 0 Å². The minimum Gasteiger partial charge on any atom is -0.316 e. The average Bonchev–Trinajstić information content (AvgIpc) is 2.84. The molecule has 2 rings (SSSR count). The van der Waals surface area contributed by atoms with Gasteiger partial charge in [0.05, 0.1) is 0 Å². The van der Waals surface area contributed by atoms with Crippen molar-refractivity contribution in [2.75, 3.05) is 13.1 Å². The van der Waals surface area contributed by atoms with Crippen molar-refractivity contribution in [3.05, 3.63) is 0 Å². The fraction of sp³-hybridized carbons (Fsp3) is 1.00. The first-order valence-electron chi connectivity index (χ1n) is 7.36. The summed E-state index contributed by atoms with van der Waals surface area (Å²) in [5.74, 6) is 3.04. The lowest BCUT2D eigenvalue weighted by Gasteiger charge is -2.32. The molecule has 16 heavy (non-hydrogen) atoms. The molecule has 1 heteroatoms. The van der Waals surface area contributed by atoms with Crippen LogP contribution in [0, 0.1) is 23.2 Å². The fourth-order valence-corrected chi connectivity index (χ4v) is 3.62. The van der Waals surface area contributed by atoms with E-state index >= 15 is 0 Å². The van der Waals surface area contributed by atoms with E-state index in [2.05, 4.69) is 26.1 Å². The molecule has 2 unspecified atom stereocenters. The van der Waals surface area contributed by atoms with Crippen LogP contribution in [0.1, 0.15) is 59.3 Å². The molecule has 0 saturated heterocycles. The Morgan fingerprint density at radius 2 is 1.94 bits per heavy atom. The van der Waals surface area contributed by atoms with E-state index in [1.165, 1.54) is 45.2 Å². The van der Waals surface area contributed by atoms with Crippen molar-refractivity contribution in [3.8, 4) is 0 Å². The number of fused-ring (bicyclic) bond motifs is 1. The zero-order chi connectivity index (χ0) is 11.6. The van der Waals surface area contributed by atoms with Gasteiger partial charge in [-0.15, -0.1) is 0 Å². The summed E-state index contributed by atoms with van der Waals surface area (Å²) in [4.78, 5) is 0. The molecular weight excluding hydrogens is 194 g/mol. The van der Waals surface area contributed by atoms with Crippen LogP contribution in [0.2, 0.25) is 0 Å². The van der Waals surface area contributed by atoms with Crippen LogP contribution in [0.3, 0.4) is 0 Å². The van der Waals surface area contributed by atoms with Gasteiger partial charge in [-0.2, -0.15) is 0 Å². The lowest BCUT2D eigenvalue weighted by molar-refractivity contribution is 0.221. The van der Waals surface area contributed by atoms with Crippen LogP contribution in [0.4, 0.5) is 0 Å². The monoisotopic (exact) mass is 223 g/mol. The van der Waals surface area contributed by atoms with Gasteiger partial charge in [0.15, 0.2) is 0 Å². The topological polar surface area (TPSA) is 12.0 Å². The van der Waals surface area contributed by atoms with Gasteiger partial charge in [-0.3, -0.25) is 0 Å². The maximum absolute atomic E-state index is 3.72. The molecular formula is C15H29N. The molecule has 1 nitrogen and oxygen atoms in total.